The van der Waals surface area contributed by atoms with Crippen molar-refractivity contribution in [3.63, 3.8) is 0 Å². The largest absolute Gasteiger partial charge is 0.465 e. The molecule has 1 heterocycles. The van der Waals surface area contributed by atoms with Crippen LogP contribution in [-0.4, -0.2) is 37.6 Å². The predicted molar refractivity (Wildman–Crippen MR) is 109 cm³/mol. The van der Waals surface area contributed by atoms with E-state index in [4.69, 9.17) is 0 Å². The average molecular weight is 403 g/mol. The predicted octanol–water partition coefficient (Wildman–Crippen LogP) is 4.47. The second-order valence-corrected chi connectivity index (χ2v) is 9.20. The molecule has 1 fully saturated rings. The summed E-state index contributed by atoms with van der Waals surface area (Å²) in [6, 6.07) is 14.1. The summed E-state index contributed by atoms with van der Waals surface area (Å²) in [4.78, 5) is 12.9. The number of hydrogen-bond acceptors (Lipinski definition) is 3. The van der Waals surface area contributed by atoms with E-state index in [0.29, 0.717) is 24.7 Å². The van der Waals surface area contributed by atoms with Crippen LogP contribution in [0.1, 0.15) is 49.7 Å². The zero-order valence-electron chi connectivity index (χ0n) is 16.1. The van der Waals surface area contributed by atoms with Gasteiger partial charge in [0.15, 0.2) is 0 Å². The zero-order chi connectivity index (χ0) is 20.3. The molecule has 0 aliphatic carbocycles. The van der Waals surface area contributed by atoms with Gasteiger partial charge in [-0.1, -0.05) is 38.1 Å². The monoisotopic (exact) mass is 402 g/mol. The van der Waals surface area contributed by atoms with E-state index in [1.54, 1.807) is 30.3 Å². The number of likely N-dealkylation sites (tertiary alicyclic amines) is 1. The lowest BCUT2D eigenvalue weighted by Gasteiger charge is -2.31. The third-order valence-corrected chi connectivity index (χ3v) is 6.56. The highest BCUT2D eigenvalue weighted by Gasteiger charge is 2.24. The average Bonchev–Trinajstić information content (AvgIpc) is 2.68. The molecule has 0 radical (unpaired) electrons. The van der Waals surface area contributed by atoms with Crippen LogP contribution in [0.5, 0.6) is 0 Å². The first-order chi connectivity index (χ1) is 13.3. The highest BCUT2D eigenvalue weighted by atomic mass is 32.2. The van der Waals surface area contributed by atoms with Gasteiger partial charge in [-0.3, -0.25) is 4.72 Å². The second kappa shape index (κ2) is 8.22. The SMILES string of the molecule is CC(C)c1ccc(S(=O)(=O)Nc2cccc(C3CCCN(C(=O)O)C3)c2)cc1. The highest BCUT2D eigenvalue weighted by molar-refractivity contribution is 7.92. The smallest absolute Gasteiger partial charge is 0.407 e. The fourth-order valence-electron chi connectivity index (χ4n) is 3.53. The van der Waals surface area contributed by atoms with Crippen LogP contribution in [0.3, 0.4) is 0 Å². The van der Waals surface area contributed by atoms with Crippen LogP contribution in [0.25, 0.3) is 0 Å². The Morgan fingerprint density at radius 2 is 1.89 bits per heavy atom. The lowest BCUT2D eigenvalue weighted by atomic mass is 9.90. The van der Waals surface area contributed by atoms with Gasteiger partial charge in [0.2, 0.25) is 0 Å². The molecule has 150 valence electrons. The topological polar surface area (TPSA) is 86.7 Å². The molecule has 3 rings (SSSR count). The molecule has 0 aromatic heterocycles. The molecule has 0 bridgehead atoms. The van der Waals surface area contributed by atoms with Crippen molar-refractivity contribution in [2.75, 3.05) is 17.8 Å². The maximum absolute atomic E-state index is 12.7. The van der Waals surface area contributed by atoms with Crippen molar-refractivity contribution in [3.05, 3.63) is 59.7 Å². The van der Waals surface area contributed by atoms with E-state index in [1.165, 1.54) is 4.90 Å². The summed E-state index contributed by atoms with van der Waals surface area (Å²) in [6.45, 7) is 5.10. The summed E-state index contributed by atoms with van der Waals surface area (Å²) >= 11 is 0. The number of benzene rings is 2. The number of carbonyl (C=O) groups is 1. The number of nitrogens with one attached hydrogen (secondary N) is 1. The first-order valence-corrected chi connectivity index (χ1v) is 10.9. The van der Waals surface area contributed by atoms with Crippen LogP contribution >= 0.6 is 0 Å². The van der Waals surface area contributed by atoms with Crippen LogP contribution in [-0.2, 0) is 10.0 Å². The summed E-state index contributed by atoms with van der Waals surface area (Å²) < 4.78 is 28.1. The quantitative estimate of drug-likeness (QED) is 0.773. The van der Waals surface area contributed by atoms with Crippen LogP contribution < -0.4 is 4.72 Å². The number of rotatable bonds is 5. The molecule has 0 saturated carbocycles. The molecule has 1 amide bonds. The molecule has 1 aliphatic rings. The Labute approximate surface area is 166 Å². The molecule has 1 aliphatic heterocycles. The Kier molecular flexibility index (Phi) is 5.93. The van der Waals surface area contributed by atoms with Crippen molar-refractivity contribution in [2.24, 2.45) is 0 Å². The van der Waals surface area contributed by atoms with Crippen molar-refractivity contribution in [1.29, 1.82) is 0 Å². The molecule has 0 spiro atoms. The van der Waals surface area contributed by atoms with Crippen LogP contribution in [0.2, 0.25) is 0 Å². The summed E-state index contributed by atoms with van der Waals surface area (Å²) in [5, 5.41) is 9.22. The van der Waals surface area contributed by atoms with E-state index < -0.39 is 16.1 Å². The minimum Gasteiger partial charge on any atom is -0.465 e. The Hall–Kier alpha value is -2.54. The van der Waals surface area contributed by atoms with E-state index in [9.17, 15) is 18.3 Å². The summed E-state index contributed by atoms with van der Waals surface area (Å²) in [5.74, 6) is 0.405. The van der Waals surface area contributed by atoms with Crippen LogP contribution in [0, 0.1) is 0 Å². The molecule has 2 aromatic rings. The highest BCUT2D eigenvalue weighted by Crippen LogP contribution is 2.29. The fourth-order valence-corrected chi connectivity index (χ4v) is 4.57. The van der Waals surface area contributed by atoms with E-state index >= 15 is 0 Å². The lowest BCUT2D eigenvalue weighted by molar-refractivity contribution is 0.130. The Bertz CT molecular complexity index is 939. The Morgan fingerprint density at radius 1 is 1.18 bits per heavy atom. The molecule has 28 heavy (non-hydrogen) atoms. The lowest BCUT2D eigenvalue weighted by Crippen LogP contribution is -2.38. The van der Waals surface area contributed by atoms with Gasteiger partial charge >= 0.3 is 6.09 Å². The molecular weight excluding hydrogens is 376 g/mol. The maximum Gasteiger partial charge on any atom is 0.407 e. The minimum atomic E-state index is -3.68. The van der Waals surface area contributed by atoms with Crippen molar-refractivity contribution < 1.29 is 18.3 Å². The van der Waals surface area contributed by atoms with Crippen molar-refractivity contribution in [2.45, 2.75) is 43.4 Å². The molecular formula is C21H26N2O4S. The van der Waals surface area contributed by atoms with E-state index in [-0.39, 0.29) is 10.8 Å². The number of piperidine rings is 1. The van der Waals surface area contributed by atoms with Gasteiger partial charge in [0, 0.05) is 24.7 Å². The normalized spacial score (nSPS) is 17.5. The fraction of sp³-hybridized carbons (Fsp3) is 0.381. The third kappa shape index (κ3) is 4.65. The maximum atomic E-state index is 12.7. The van der Waals surface area contributed by atoms with Crippen molar-refractivity contribution >= 4 is 21.8 Å². The van der Waals surface area contributed by atoms with E-state index in [1.807, 2.05) is 18.2 Å². The van der Waals surface area contributed by atoms with Gasteiger partial charge in [0.1, 0.15) is 0 Å². The number of nitrogens with zero attached hydrogens (tertiary/aromatic N) is 1. The Morgan fingerprint density at radius 3 is 2.54 bits per heavy atom. The number of anilines is 1. The van der Waals surface area contributed by atoms with Crippen molar-refractivity contribution in [3.8, 4) is 0 Å². The minimum absolute atomic E-state index is 0.0691. The van der Waals surface area contributed by atoms with Crippen LogP contribution in [0.4, 0.5) is 10.5 Å². The van der Waals surface area contributed by atoms with E-state index in [2.05, 4.69) is 18.6 Å². The van der Waals surface area contributed by atoms with Gasteiger partial charge in [0.05, 0.1) is 4.90 Å². The van der Waals surface area contributed by atoms with Gasteiger partial charge in [-0.15, -0.1) is 0 Å². The standard InChI is InChI=1S/C21H26N2O4S/c1-15(2)16-8-10-20(11-9-16)28(26,27)22-19-7-3-5-17(13-19)18-6-4-12-23(14-18)21(24)25/h3,5,7-11,13,15,18,22H,4,6,12,14H2,1-2H3,(H,24,25). The van der Waals surface area contributed by atoms with E-state index in [0.717, 1.165) is 24.0 Å². The first-order valence-electron chi connectivity index (χ1n) is 9.47. The zero-order valence-corrected chi connectivity index (χ0v) is 16.9. The molecule has 1 saturated heterocycles. The molecule has 6 nitrogen and oxygen atoms in total. The van der Waals surface area contributed by atoms with Gasteiger partial charge in [-0.05, 0) is 54.2 Å². The number of amides is 1. The Balaban J connectivity index is 1.77. The van der Waals surface area contributed by atoms with Crippen molar-refractivity contribution in [1.82, 2.24) is 4.90 Å². The number of hydrogen-bond donors (Lipinski definition) is 2. The molecule has 2 aromatic carbocycles. The van der Waals surface area contributed by atoms with Gasteiger partial charge in [-0.2, -0.15) is 0 Å². The molecule has 1 atom stereocenters. The number of sulfonamides is 1. The molecule has 2 N–H and O–H groups in total. The summed E-state index contributed by atoms with van der Waals surface area (Å²) in [7, 11) is -3.68. The van der Waals surface area contributed by atoms with Gasteiger partial charge in [-0.25, -0.2) is 13.2 Å². The number of carboxylic acid groups (broad SMARTS) is 1. The molecule has 7 heteroatoms. The third-order valence-electron chi connectivity index (χ3n) is 5.16. The first kappa shape index (κ1) is 20.2. The van der Waals surface area contributed by atoms with Gasteiger partial charge < -0.3 is 10.0 Å². The van der Waals surface area contributed by atoms with Crippen LogP contribution in [0.15, 0.2) is 53.4 Å². The second-order valence-electron chi connectivity index (χ2n) is 7.52. The summed E-state index contributed by atoms with van der Waals surface area (Å²) in [6.07, 6.45) is 0.776. The molecule has 1 unspecified atom stereocenters. The van der Waals surface area contributed by atoms with Gasteiger partial charge in [0.25, 0.3) is 10.0 Å². The summed E-state index contributed by atoms with van der Waals surface area (Å²) in [5.41, 5.74) is 2.51.